The lowest BCUT2D eigenvalue weighted by atomic mass is 10.3. The maximum Gasteiger partial charge on any atom is 0.311 e. The van der Waals surface area contributed by atoms with Gasteiger partial charge in [-0.15, -0.1) is 0 Å². The average molecular weight is 243 g/mol. The zero-order chi connectivity index (χ0) is 12.2. The van der Waals surface area contributed by atoms with Crippen molar-refractivity contribution in [1.82, 2.24) is 0 Å². The quantitative estimate of drug-likeness (QED) is 0.452. The lowest BCUT2D eigenvalue weighted by Gasteiger charge is -2.15. The Morgan fingerprint density at radius 1 is 1.31 bits per heavy atom. The number of nitro benzene ring substituents is 1. The van der Waals surface area contributed by atoms with Crippen molar-refractivity contribution in [2.75, 3.05) is 12.3 Å². The van der Waals surface area contributed by atoms with Crippen LogP contribution in [0.1, 0.15) is 13.8 Å². The van der Waals surface area contributed by atoms with Crippen molar-refractivity contribution < 1.29 is 14.0 Å². The van der Waals surface area contributed by atoms with Crippen LogP contribution < -0.4 is 4.52 Å². The molecule has 0 N–H and O–H groups in total. The van der Waals surface area contributed by atoms with Gasteiger partial charge in [0.25, 0.3) is 0 Å². The average Bonchev–Trinajstić information content (AvgIpc) is 2.29. The molecule has 0 aliphatic heterocycles. The van der Waals surface area contributed by atoms with Gasteiger partial charge in [-0.25, -0.2) is 0 Å². The number of benzene rings is 1. The second-order valence-electron chi connectivity index (χ2n) is 3.26. The summed E-state index contributed by atoms with van der Waals surface area (Å²) in [7, 11) is -2.77. The Hall–Kier alpha value is -1.35. The summed E-state index contributed by atoms with van der Waals surface area (Å²) in [5.41, 5.74) is -0.148. The Labute approximate surface area is 94.0 Å². The number of hydrogen-bond acceptors (Lipinski definition) is 4. The SMILES string of the molecule is CCP(=O)(CC)Oc1ccccc1[N+](=O)[O-]. The van der Waals surface area contributed by atoms with E-state index in [0.717, 1.165) is 0 Å². The van der Waals surface area contributed by atoms with Gasteiger partial charge < -0.3 is 4.52 Å². The second-order valence-corrected chi connectivity index (χ2v) is 6.34. The monoisotopic (exact) mass is 243 g/mol. The van der Waals surface area contributed by atoms with E-state index in [0.29, 0.717) is 12.3 Å². The third-order valence-electron chi connectivity index (χ3n) is 2.29. The van der Waals surface area contributed by atoms with Crippen molar-refractivity contribution >= 4 is 13.1 Å². The fourth-order valence-electron chi connectivity index (χ4n) is 1.22. The van der Waals surface area contributed by atoms with Crippen LogP contribution >= 0.6 is 7.37 Å². The Bertz CT molecular complexity index is 425. The van der Waals surface area contributed by atoms with E-state index in [-0.39, 0.29) is 11.4 Å². The summed E-state index contributed by atoms with van der Waals surface area (Å²) in [6.07, 6.45) is 0.741. The molecule has 0 unspecified atom stereocenters. The summed E-state index contributed by atoms with van der Waals surface area (Å²) in [6, 6.07) is 5.98. The first kappa shape index (κ1) is 12.7. The van der Waals surface area contributed by atoms with Gasteiger partial charge in [0.05, 0.1) is 4.92 Å². The molecule has 0 radical (unpaired) electrons. The number of nitro groups is 1. The van der Waals surface area contributed by atoms with Crippen LogP contribution in [0.2, 0.25) is 0 Å². The summed E-state index contributed by atoms with van der Waals surface area (Å²) in [5, 5.41) is 10.7. The largest absolute Gasteiger partial charge is 0.436 e. The molecule has 1 aromatic carbocycles. The van der Waals surface area contributed by atoms with Gasteiger partial charge >= 0.3 is 5.69 Å². The van der Waals surface area contributed by atoms with Crippen LogP contribution in [-0.2, 0) is 4.57 Å². The number of para-hydroxylation sites is 2. The zero-order valence-electron chi connectivity index (χ0n) is 9.25. The highest BCUT2D eigenvalue weighted by atomic mass is 31.2. The minimum atomic E-state index is -2.77. The normalized spacial score (nSPS) is 11.1. The van der Waals surface area contributed by atoms with Crippen molar-refractivity contribution in [3.63, 3.8) is 0 Å². The number of nitrogens with zero attached hydrogens (tertiary/aromatic N) is 1. The maximum absolute atomic E-state index is 12.1. The maximum atomic E-state index is 12.1. The highest BCUT2D eigenvalue weighted by molar-refractivity contribution is 7.59. The van der Waals surface area contributed by atoms with Gasteiger partial charge in [-0.1, -0.05) is 26.0 Å². The molecule has 0 aliphatic rings. The zero-order valence-corrected chi connectivity index (χ0v) is 10.1. The molecule has 1 aromatic rings. The van der Waals surface area contributed by atoms with Crippen LogP contribution in [0.5, 0.6) is 5.75 Å². The molecule has 0 amide bonds. The highest BCUT2D eigenvalue weighted by Crippen LogP contribution is 2.48. The first-order chi connectivity index (χ1) is 7.52. The number of rotatable bonds is 5. The van der Waals surface area contributed by atoms with E-state index >= 15 is 0 Å². The Morgan fingerprint density at radius 2 is 1.88 bits per heavy atom. The van der Waals surface area contributed by atoms with Crippen molar-refractivity contribution in [1.29, 1.82) is 0 Å². The summed E-state index contributed by atoms with van der Waals surface area (Å²) in [5.74, 6) is 0.0829. The van der Waals surface area contributed by atoms with Gasteiger partial charge in [0, 0.05) is 18.4 Å². The molecule has 88 valence electrons. The molecule has 0 saturated heterocycles. The predicted octanol–water partition coefficient (Wildman–Crippen LogP) is 3.29. The molecule has 0 fully saturated rings. The lowest BCUT2D eigenvalue weighted by molar-refractivity contribution is -0.385. The second kappa shape index (κ2) is 5.12. The van der Waals surface area contributed by atoms with E-state index < -0.39 is 12.3 Å². The minimum Gasteiger partial charge on any atom is -0.436 e. The van der Waals surface area contributed by atoms with Gasteiger partial charge in [-0.3, -0.25) is 14.7 Å². The van der Waals surface area contributed by atoms with Crippen LogP contribution in [0, 0.1) is 10.1 Å². The standard InChI is InChI=1S/C10H14NO4P/c1-3-16(14,4-2)15-10-8-6-5-7-9(10)11(12)13/h5-8H,3-4H2,1-2H3. The van der Waals surface area contributed by atoms with Gasteiger partial charge in [0.2, 0.25) is 13.1 Å². The molecule has 1 rings (SSSR count). The van der Waals surface area contributed by atoms with E-state index in [1.807, 2.05) is 0 Å². The summed E-state index contributed by atoms with van der Waals surface area (Å²) in [6.45, 7) is 3.50. The summed E-state index contributed by atoms with van der Waals surface area (Å²) < 4.78 is 17.4. The highest BCUT2D eigenvalue weighted by Gasteiger charge is 2.24. The van der Waals surface area contributed by atoms with Gasteiger partial charge in [0.15, 0.2) is 0 Å². The van der Waals surface area contributed by atoms with Crippen LogP contribution in [0.3, 0.4) is 0 Å². The first-order valence-corrected chi connectivity index (χ1v) is 7.03. The minimum absolute atomic E-state index is 0.0829. The molecule has 0 spiro atoms. The van der Waals surface area contributed by atoms with Gasteiger partial charge in [-0.05, 0) is 6.07 Å². The van der Waals surface area contributed by atoms with E-state index in [2.05, 4.69) is 0 Å². The molecule has 5 nitrogen and oxygen atoms in total. The van der Waals surface area contributed by atoms with Crippen molar-refractivity contribution in [3.05, 3.63) is 34.4 Å². The van der Waals surface area contributed by atoms with E-state index in [1.165, 1.54) is 12.1 Å². The molecular formula is C10H14NO4P. The molecule has 0 aliphatic carbocycles. The molecule has 0 bridgehead atoms. The van der Waals surface area contributed by atoms with E-state index in [1.54, 1.807) is 26.0 Å². The van der Waals surface area contributed by atoms with Crippen LogP contribution in [0.25, 0.3) is 0 Å². The summed E-state index contributed by atoms with van der Waals surface area (Å²) >= 11 is 0. The number of hydrogen-bond donors (Lipinski definition) is 0. The van der Waals surface area contributed by atoms with Crippen LogP contribution in [-0.4, -0.2) is 17.2 Å². The Balaban J connectivity index is 3.06. The molecule has 0 heterocycles. The molecule has 16 heavy (non-hydrogen) atoms. The molecule has 0 atom stereocenters. The fourth-order valence-corrected chi connectivity index (χ4v) is 2.44. The van der Waals surface area contributed by atoms with Crippen LogP contribution in [0.15, 0.2) is 24.3 Å². The van der Waals surface area contributed by atoms with Crippen molar-refractivity contribution in [2.24, 2.45) is 0 Å². The van der Waals surface area contributed by atoms with Crippen molar-refractivity contribution in [3.8, 4) is 5.75 Å². The summed E-state index contributed by atoms with van der Waals surface area (Å²) in [4.78, 5) is 10.2. The molecule has 6 heteroatoms. The first-order valence-electron chi connectivity index (χ1n) is 5.03. The van der Waals surface area contributed by atoms with Gasteiger partial charge in [-0.2, -0.15) is 0 Å². The Kier molecular flexibility index (Phi) is 4.07. The topological polar surface area (TPSA) is 69.4 Å². The molecule has 0 aromatic heterocycles. The molecule has 0 saturated carbocycles. The molecular weight excluding hydrogens is 229 g/mol. The van der Waals surface area contributed by atoms with Crippen LogP contribution in [0.4, 0.5) is 5.69 Å². The Morgan fingerprint density at radius 3 is 2.38 bits per heavy atom. The van der Waals surface area contributed by atoms with E-state index in [4.69, 9.17) is 4.52 Å². The third kappa shape index (κ3) is 2.83. The van der Waals surface area contributed by atoms with Gasteiger partial charge in [0.1, 0.15) is 0 Å². The third-order valence-corrected chi connectivity index (χ3v) is 4.75. The predicted molar refractivity (Wildman–Crippen MR) is 62.4 cm³/mol. The van der Waals surface area contributed by atoms with E-state index in [9.17, 15) is 14.7 Å². The smallest absolute Gasteiger partial charge is 0.311 e. The van der Waals surface area contributed by atoms with Crippen molar-refractivity contribution in [2.45, 2.75) is 13.8 Å². The lowest BCUT2D eigenvalue weighted by Crippen LogP contribution is -2.00. The fraction of sp³-hybridized carbons (Fsp3) is 0.400.